The fourth-order valence-electron chi connectivity index (χ4n) is 2.43. The van der Waals surface area contributed by atoms with E-state index < -0.39 is 16.9 Å². The van der Waals surface area contributed by atoms with Crippen molar-refractivity contribution in [2.24, 2.45) is 11.3 Å². The molecule has 0 bridgehead atoms. The van der Waals surface area contributed by atoms with Gasteiger partial charge in [-0.15, -0.1) is 0 Å². The van der Waals surface area contributed by atoms with Gasteiger partial charge in [0.15, 0.2) is 0 Å². The lowest BCUT2D eigenvalue weighted by atomic mass is 9.74. The lowest BCUT2D eigenvalue weighted by Crippen LogP contribution is -2.59. The summed E-state index contributed by atoms with van der Waals surface area (Å²) in [6, 6.07) is -0.219. The van der Waals surface area contributed by atoms with E-state index in [1.165, 1.54) is 0 Å². The van der Waals surface area contributed by atoms with Gasteiger partial charge in [-0.25, -0.2) is 4.79 Å². The number of hydrogen-bond donors (Lipinski definition) is 2. The first-order valence-corrected chi connectivity index (χ1v) is 7.42. The number of carbonyl (C=O) groups is 2. The molecule has 1 saturated heterocycles. The second-order valence-electron chi connectivity index (χ2n) is 7.28. The van der Waals surface area contributed by atoms with Crippen molar-refractivity contribution in [2.45, 2.75) is 39.7 Å². The zero-order valence-corrected chi connectivity index (χ0v) is 14.1. The van der Waals surface area contributed by atoms with Crippen LogP contribution in [0.3, 0.4) is 0 Å². The smallest absolute Gasteiger partial charge is 0.317 e. The molecule has 0 aliphatic carbocycles. The minimum atomic E-state index is -1.04. The van der Waals surface area contributed by atoms with E-state index in [0.717, 1.165) is 19.5 Å². The van der Waals surface area contributed by atoms with E-state index in [4.69, 9.17) is 0 Å². The van der Waals surface area contributed by atoms with Crippen molar-refractivity contribution in [3.63, 3.8) is 0 Å². The minimum absolute atomic E-state index is 0.219. The highest BCUT2D eigenvalue weighted by Crippen LogP contribution is 2.30. The first-order chi connectivity index (χ1) is 9.47. The first-order valence-electron chi connectivity index (χ1n) is 7.42. The maximum absolute atomic E-state index is 12.3. The number of urea groups is 1. The zero-order chi connectivity index (χ0) is 16.4. The van der Waals surface area contributed by atoms with Gasteiger partial charge >= 0.3 is 12.0 Å². The number of nitrogens with zero attached hydrogens (tertiary/aromatic N) is 2. The normalized spacial score (nSPS) is 20.4. The topological polar surface area (TPSA) is 72.9 Å². The Bertz CT molecular complexity index is 407. The van der Waals surface area contributed by atoms with Crippen molar-refractivity contribution in [1.82, 2.24) is 15.1 Å². The minimum Gasteiger partial charge on any atom is -0.481 e. The number of carboxylic acids is 1. The van der Waals surface area contributed by atoms with E-state index in [1.54, 1.807) is 39.6 Å². The highest BCUT2D eigenvalue weighted by Gasteiger charge is 2.44. The summed E-state index contributed by atoms with van der Waals surface area (Å²) in [5, 5.41) is 12.2. The van der Waals surface area contributed by atoms with Crippen LogP contribution in [0.15, 0.2) is 0 Å². The predicted molar refractivity (Wildman–Crippen MR) is 82.3 cm³/mol. The average Bonchev–Trinajstić information content (AvgIpc) is 2.73. The fraction of sp³-hybridized carbons (Fsp3) is 0.867. The fourth-order valence-corrected chi connectivity index (χ4v) is 2.43. The summed E-state index contributed by atoms with van der Waals surface area (Å²) >= 11 is 0. The Kier molecular flexibility index (Phi) is 5.25. The van der Waals surface area contributed by atoms with Crippen LogP contribution in [-0.4, -0.2) is 66.2 Å². The van der Waals surface area contributed by atoms with Crippen molar-refractivity contribution in [1.29, 1.82) is 0 Å². The van der Waals surface area contributed by atoms with Crippen molar-refractivity contribution >= 4 is 12.0 Å². The molecule has 1 unspecified atom stereocenters. The molecule has 1 heterocycles. The quantitative estimate of drug-likeness (QED) is 0.806. The molecule has 0 aromatic rings. The number of carbonyl (C=O) groups excluding carboxylic acids is 1. The van der Waals surface area contributed by atoms with E-state index in [9.17, 15) is 14.7 Å². The number of hydrogen-bond acceptors (Lipinski definition) is 3. The molecule has 21 heavy (non-hydrogen) atoms. The molecule has 2 N–H and O–H groups in total. The van der Waals surface area contributed by atoms with Crippen LogP contribution in [0.5, 0.6) is 0 Å². The molecule has 0 aromatic carbocycles. The summed E-state index contributed by atoms with van der Waals surface area (Å²) in [5.74, 6) is -0.436. The summed E-state index contributed by atoms with van der Waals surface area (Å²) in [6.45, 7) is 9.51. The lowest BCUT2D eigenvalue weighted by molar-refractivity contribution is -0.150. The summed E-state index contributed by atoms with van der Waals surface area (Å²) in [6.07, 6.45) is 1.10. The predicted octanol–water partition coefficient (Wildman–Crippen LogP) is 1.47. The first kappa shape index (κ1) is 17.8. The number of rotatable bonds is 5. The Morgan fingerprint density at radius 2 is 1.90 bits per heavy atom. The van der Waals surface area contributed by atoms with Crippen molar-refractivity contribution < 1.29 is 14.7 Å². The van der Waals surface area contributed by atoms with E-state index in [-0.39, 0.29) is 6.03 Å². The van der Waals surface area contributed by atoms with Crippen molar-refractivity contribution in [3.8, 4) is 0 Å². The summed E-state index contributed by atoms with van der Waals surface area (Å²) in [5.41, 5.74) is -1.88. The monoisotopic (exact) mass is 299 g/mol. The summed E-state index contributed by atoms with van der Waals surface area (Å²) < 4.78 is 0. The average molecular weight is 299 g/mol. The van der Waals surface area contributed by atoms with Gasteiger partial charge in [0.25, 0.3) is 0 Å². The molecular formula is C15H29N3O3. The lowest BCUT2D eigenvalue weighted by Gasteiger charge is -2.40. The molecular weight excluding hydrogens is 270 g/mol. The van der Waals surface area contributed by atoms with Crippen LogP contribution in [0.1, 0.15) is 34.1 Å². The van der Waals surface area contributed by atoms with Crippen LogP contribution >= 0.6 is 0 Å². The third-order valence-corrected chi connectivity index (χ3v) is 4.88. The van der Waals surface area contributed by atoms with Gasteiger partial charge in [0.05, 0.1) is 11.0 Å². The highest BCUT2D eigenvalue weighted by molar-refractivity contribution is 5.79. The number of carboxylic acid groups (broad SMARTS) is 1. The second kappa shape index (κ2) is 6.22. The molecule has 1 rings (SSSR count). The molecule has 6 nitrogen and oxygen atoms in total. The van der Waals surface area contributed by atoms with Crippen LogP contribution in [0.25, 0.3) is 0 Å². The summed E-state index contributed by atoms with van der Waals surface area (Å²) in [4.78, 5) is 27.6. The molecule has 1 fully saturated rings. The Balaban J connectivity index is 2.61. The van der Waals surface area contributed by atoms with Crippen molar-refractivity contribution in [2.75, 3.05) is 33.7 Å². The van der Waals surface area contributed by atoms with Gasteiger partial charge in [-0.05, 0) is 53.6 Å². The van der Waals surface area contributed by atoms with Gasteiger partial charge in [0, 0.05) is 20.1 Å². The molecule has 0 radical (unpaired) electrons. The molecule has 6 heteroatoms. The van der Waals surface area contributed by atoms with Gasteiger partial charge in [-0.2, -0.15) is 0 Å². The molecule has 2 amide bonds. The summed E-state index contributed by atoms with van der Waals surface area (Å²) in [7, 11) is 3.84. The number of aliphatic carboxylic acids is 1. The molecule has 1 aliphatic heterocycles. The highest BCUT2D eigenvalue weighted by atomic mass is 16.4. The molecule has 1 aliphatic rings. The van der Waals surface area contributed by atoms with Gasteiger partial charge in [-0.1, -0.05) is 0 Å². The third-order valence-electron chi connectivity index (χ3n) is 4.88. The van der Waals surface area contributed by atoms with Crippen LogP contribution < -0.4 is 5.32 Å². The van der Waals surface area contributed by atoms with Gasteiger partial charge in [0.2, 0.25) is 0 Å². The SMILES string of the molecule is CN1CCC(CN(C)C(=O)NC(C)(C)C(C)(C)C(=O)O)C1. The standard InChI is InChI=1S/C15H29N3O3/c1-14(2,12(19)20)15(3,4)16-13(21)18(6)10-11-7-8-17(5)9-11/h11H,7-10H2,1-6H3,(H,16,21)(H,19,20). The maximum Gasteiger partial charge on any atom is 0.317 e. The molecule has 0 aromatic heterocycles. The van der Waals surface area contributed by atoms with E-state index in [0.29, 0.717) is 12.5 Å². The van der Waals surface area contributed by atoms with Gasteiger partial charge in [0.1, 0.15) is 0 Å². The van der Waals surface area contributed by atoms with Gasteiger partial charge < -0.3 is 20.2 Å². The molecule has 0 saturated carbocycles. The maximum atomic E-state index is 12.3. The van der Waals surface area contributed by atoms with Crippen LogP contribution in [0.2, 0.25) is 0 Å². The Morgan fingerprint density at radius 3 is 2.33 bits per heavy atom. The van der Waals surface area contributed by atoms with E-state index in [2.05, 4.69) is 17.3 Å². The molecule has 0 spiro atoms. The van der Waals surface area contributed by atoms with E-state index >= 15 is 0 Å². The Morgan fingerprint density at radius 1 is 1.33 bits per heavy atom. The number of nitrogens with one attached hydrogen (secondary N) is 1. The largest absolute Gasteiger partial charge is 0.481 e. The van der Waals surface area contributed by atoms with Crippen molar-refractivity contribution in [3.05, 3.63) is 0 Å². The number of likely N-dealkylation sites (tertiary alicyclic amines) is 1. The Labute approximate surface area is 127 Å². The van der Waals surface area contributed by atoms with E-state index in [1.807, 2.05) is 0 Å². The zero-order valence-electron chi connectivity index (χ0n) is 14.1. The van der Waals surface area contributed by atoms with Crippen LogP contribution in [0, 0.1) is 11.3 Å². The van der Waals surface area contributed by atoms with Crippen LogP contribution in [0.4, 0.5) is 4.79 Å². The van der Waals surface area contributed by atoms with Gasteiger partial charge in [-0.3, -0.25) is 4.79 Å². The molecule has 1 atom stereocenters. The van der Waals surface area contributed by atoms with Crippen LogP contribution in [-0.2, 0) is 4.79 Å². The Hall–Kier alpha value is -1.30. The third kappa shape index (κ3) is 4.09. The second-order valence-corrected chi connectivity index (χ2v) is 7.28. The number of amides is 2. The molecule has 122 valence electrons.